The Morgan fingerprint density at radius 1 is 0.855 bits per heavy atom. The zero-order valence-corrected chi connectivity index (χ0v) is 39.6. The van der Waals surface area contributed by atoms with Gasteiger partial charge in [0.2, 0.25) is 0 Å². The molecule has 3 aliphatic heterocycles. The number of Topliss-reactive ketones (excluding diaryl/α,β-unsaturated/α-hetero) is 1. The van der Waals surface area contributed by atoms with Gasteiger partial charge >= 0.3 is 5.97 Å². The van der Waals surface area contributed by atoms with E-state index in [-0.39, 0.29) is 96.8 Å². The van der Waals surface area contributed by atoms with Crippen LogP contribution in [0.25, 0.3) is 0 Å². The van der Waals surface area contributed by atoms with Crippen LogP contribution >= 0.6 is 0 Å². The fourth-order valence-electron chi connectivity index (χ4n) is 11.2. The van der Waals surface area contributed by atoms with Gasteiger partial charge in [-0.15, -0.1) is 0 Å². The third-order valence-corrected chi connectivity index (χ3v) is 14.8. The van der Waals surface area contributed by atoms with E-state index in [1.54, 1.807) is 14.2 Å². The Morgan fingerprint density at radius 3 is 2.32 bits per heavy atom. The van der Waals surface area contributed by atoms with E-state index in [9.17, 15) is 9.59 Å². The Balaban J connectivity index is 1.21. The third kappa shape index (κ3) is 12.1. The molecule has 3 heterocycles. The number of carbonyl (C=O) groups is 2. The summed E-state index contributed by atoms with van der Waals surface area (Å²) in [6.45, 7) is 13.8. The molecule has 4 fully saturated rings. The Morgan fingerprint density at radius 2 is 1.61 bits per heavy atom. The number of hydrogen-bond donors (Lipinski definition) is 0. The number of likely N-dealkylation sites (N-methyl/N-ethyl adjacent to an activating group) is 1. The molecule has 12 heteroatoms. The van der Waals surface area contributed by atoms with Crippen molar-refractivity contribution >= 4 is 11.8 Å². The van der Waals surface area contributed by atoms with Crippen LogP contribution < -0.4 is 0 Å². The average Bonchev–Trinajstić information content (AvgIpc) is 3.82. The number of unbranched alkanes of at least 4 members (excludes halogenated alkanes) is 2. The van der Waals surface area contributed by atoms with E-state index in [4.69, 9.17) is 42.6 Å². The van der Waals surface area contributed by atoms with Gasteiger partial charge in [-0.2, -0.15) is 0 Å². The van der Waals surface area contributed by atoms with Crippen LogP contribution in [-0.4, -0.2) is 132 Å². The zero-order chi connectivity index (χ0) is 44.5. The van der Waals surface area contributed by atoms with E-state index in [0.29, 0.717) is 32.1 Å². The van der Waals surface area contributed by atoms with Gasteiger partial charge in [-0.25, -0.2) is 0 Å². The van der Waals surface area contributed by atoms with Gasteiger partial charge in [0, 0.05) is 45.3 Å². The van der Waals surface area contributed by atoms with Gasteiger partial charge in [0.05, 0.1) is 36.9 Å². The lowest BCUT2D eigenvalue weighted by molar-refractivity contribution is -0.317. The van der Waals surface area contributed by atoms with E-state index >= 15 is 0 Å². The molecule has 6 aliphatic rings. The predicted molar refractivity (Wildman–Crippen MR) is 237 cm³/mol. The van der Waals surface area contributed by atoms with Gasteiger partial charge in [0.25, 0.3) is 0 Å². The van der Waals surface area contributed by atoms with E-state index in [0.717, 1.165) is 63.4 Å². The maximum absolute atomic E-state index is 14.9. The summed E-state index contributed by atoms with van der Waals surface area (Å²) in [5.41, 5.74) is 0.741. The van der Waals surface area contributed by atoms with Gasteiger partial charge < -0.3 is 47.5 Å². The highest BCUT2D eigenvalue weighted by Crippen LogP contribution is 2.54. The average molecular weight is 872 g/mol. The van der Waals surface area contributed by atoms with Crippen molar-refractivity contribution in [1.82, 2.24) is 4.90 Å². The second-order valence-electron chi connectivity index (χ2n) is 19.3. The summed E-state index contributed by atoms with van der Waals surface area (Å²) in [7, 11) is 7.55. The van der Waals surface area contributed by atoms with Crippen molar-refractivity contribution < 1.29 is 52.2 Å². The molecule has 0 amide bonds. The van der Waals surface area contributed by atoms with Crippen molar-refractivity contribution in [1.29, 1.82) is 0 Å². The molecule has 0 N–H and O–H groups in total. The number of nitrogens with zero attached hydrogens (tertiary/aromatic N) is 1. The number of hydrogen-bond acceptors (Lipinski definition) is 12. The van der Waals surface area contributed by atoms with Gasteiger partial charge in [0.15, 0.2) is 18.4 Å². The maximum Gasteiger partial charge on any atom is 0.307 e. The summed E-state index contributed by atoms with van der Waals surface area (Å²) in [5, 5.41) is 0. The Bertz CT molecular complexity index is 1520. The summed E-state index contributed by atoms with van der Waals surface area (Å²) >= 11 is 0. The summed E-state index contributed by atoms with van der Waals surface area (Å²) in [4.78, 5) is 31.1. The maximum atomic E-state index is 14.9. The molecule has 0 aromatic rings. The number of allylic oxidation sites excluding steroid dienone is 4. The molecule has 0 bridgehead atoms. The molecule has 0 radical (unpaired) electrons. The molecule has 6 rings (SSSR count). The molecule has 62 heavy (non-hydrogen) atoms. The normalized spacial score (nSPS) is 41.0. The molecule has 18 atom stereocenters. The SMILES string of the molecule is CCCCOC(C)C=CC1CCC[C@H](O[C@H]2CC[C@H](N(C)C)[C@@H](C)O2)[C@@H](C)C(=O)C2=CC3C(C=CC4C[C@@H](O[C@@H]5O[C@@H](C)[C@H](OC)[C@@H](OCCCC)[C@H]5OC)CC43)C2CC(=O)O1. The lowest BCUT2D eigenvalue weighted by atomic mass is 9.70. The molecular formula is C50H81NO11. The summed E-state index contributed by atoms with van der Waals surface area (Å²) in [6, 6.07) is 0.315. The number of methoxy groups -OCH3 is 2. The first-order valence-electron chi connectivity index (χ1n) is 24.3. The van der Waals surface area contributed by atoms with Crippen molar-refractivity contribution in [3.05, 3.63) is 36.0 Å². The number of cyclic esters (lactones) is 1. The highest BCUT2D eigenvalue weighted by Gasteiger charge is 2.53. The Kier molecular flexibility index (Phi) is 18.7. The topological polar surface area (TPSA) is 120 Å². The van der Waals surface area contributed by atoms with Crippen LogP contribution in [0.2, 0.25) is 0 Å². The lowest BCUT2D eigenvalue weighted by Crippen LogP contribution is -2.60. The zero-order valence-electron chi connectivity index (χ0n) is 39.6. The number of ketones is 1. The fourth-order valence-corrected chi connectivity index (χ4v) is 11.2. The Labute approximate surface area is 373 Å². The van der Waals surface area contributed by atoms with Crippen molar-refractivity contribution in [2.75, 3.05) is 41.5 Å². The molecule has 3 saturated heterocycles. The summed E-state index contributed by atoms with van der Waals surface area (Å²) < 4.78 is 57.1. The molecule has 352 valence electrons. The number of carbonyl (C=O) groups excluding carboxylic acids is 2. The van der Waals surface area contributed by atoms with Gasteiger partial charge in [0.1, 0.15) is 24.4 Å². The molecule has 3 aliphatic carbocycles. The minimum absolute atomic E-state index is 0.000957. The minimum Gasteiger partial charge on any atom is -0.458 e. The van der Waals surface area contributed by atoms with Crippen LogP contribution in [0.5, 0.6) is 0 Å². The molecule has 12 nitrogen and oxygen atoms in total. The quantitative estimate of drug-likeness (QED) is 0.0800. The second-order valence-corrected chi connectivity index (χ2v) is 19.3. The molecular weight excluding hydrogens is 791 g/mol. The van der Waals surface area contributed by atoms with Gasteiger partial charge in [-0.3, -0.25) is 9.59 Å². The van der Waals surface area contributed by atoms with E-state index < -0.39 is 24.4 Å². The van der Waals surface area contributed by atoms with Crippen LogP contribution in [0.3, 0.4) is 0 Å². The van der Waals surface area contributed by atoms with Gasteiger partial charge in [-0.05, 0) is 128 Å². The predicted octanol–water partition coefficient (Wildman–Crippen LogP) is 8.01. The van der Waals surface area contributed by atoms with Crippen LogP contribution in [0, 0.1) is 35.5 Å². The van der Waals surface area contributed by atoms with Crippen LogP contribution in [0.1, 0.15) is 119 Å². The van der Waals surface area contributed by atoms with Crippen molar-refractivity contribution in [3.8, 4) is 0 Å². The first kappa shape index (κ1) is 49.4. The number of esters is 1. The summed E-state index contributed by atoms with van der Waals surface area (Å²) in [6.07, 6.45) is 17.2. The van der Waals surface area contributed by atoms with Crippen LogP contribution in [0.4, 0.5) is 0 Å². The Hall–Kier alpha value is -2.00. The van der Waals surface area contributed by atoms with Crippen LogP contribution in [0.15, 0.2) is 36.0 Å². The lowest BCUT2D eigenvalue weighted by Gasteiger charge is -2.44. The number of fused-ring (bicyclic) bond motifs is 5. The molecule has 0 spiro atoms. The second kappa shape index (κ2) is 23.4. The monoisotopic (exact) mass is 872 g/mol. The highest BCUT2D eigenvalue weighted by molar-refractivity contribution is 5.99. The van der Waals surface area contributed by atoms with Crippen molar-refractivity contribution in [2.45, 2.75) is 192 Å². The molecule has 1 saturated carbocycles. The molecule has 0 aromatic carbocycles. The third-order valence-electron chi connectivity index (χ3n) is 14.8. The molecule has 0 aromatic heterocycles. The summed E-state index contributed by atoms with van der Waals surface area (Å²) in [5.74, 6) is -0.308. The smallest absolute Gasteiger partial charge is 0.307 e. The largest absolute Gasteiger partial charge is 0.458 e. The fraction of sp³-hybridized carbons (Fsp3) is 0.840. The number of ether oxygens (including phenoxy) is 9. The first-order chi connectivity index (χ1) is 29.9. The number of rotatable bonds is 17. The first-order valence-corrected chi connectivity index (χ1v) is 24.3. The molecule has 7 unspecified atom stereocenters. The van der Waals surface area contributed by atoms with Crippen molar-refractivity contribution in [2.24, 2.45) is 35.5 Å². The van der Waals surface area contributed by atoms with Gasteiger partial charge in [-0.1, -0.05) is 57.9 Å². The minimum atomic E-state index is -0.609. The standard InChI is InChI=1S/C50H81NO11/c1-11-13-24-56-30(3)18-20-35-16-15-17-43(62-45-23-22-42(51(7)8)32(5)58-45)31(4)46(53)41-28-39-37(40(41)29-44(52)60-35)21-19-34-26-36(27-38(34)39)61-50-49(55-10)48(57-25-14-12-2)47(54-9)33(6)59-50/h18-21,28,30-40,42-43,45,47-50H,11-17,22-27,29H2,1-10H3/t30?,31-,32-,33+,34?,35?,36-,37?,38?,39?,40?,42+,43+,45+,47+,48-,49-,50+/m1/s1. The highest BCUT2D eigenvalue weighted by atomic mass is 16.7. The van der Waals surface area contributed by atoms with E-state index in [1.165, 1.54) is 0 Å². The van der Waals surface area contributed by atoms with E-state index in [2.05, 4.69) is 58.0 Å². The van der Waals surface area contributed by atoms with Crippen LogP contribution in [-0.2, 0) is 52.2 Å². The van der Waals surface area contributed by atoms with Crippen molar-refractivity contribution in [3.63, 3.8) is 0 Å². The van der Waals surface area contributed by atoms with E-state index in [1.807, 2.05) is 32.9 Å².